The second-order valence-corrected chi connectivity index (χ2v) is 9.13. The summed E-state index contributed by atoms with van der Waals surface area (Å²) in [7, 11) is -2.46. The Balaban J connectivity index is 1.78. The Kier molecular flexibility index (Phi) is 5.96. The number of thioether (sulfide) groups is 1. The molecule has 1 N–H and O–H groups in total. The zero-order chi connectivity index (χ0) is 19.4. The molecule has 2 aromatic carbocycles. The molecule has 0 amide bonds. The van der Waals surface area contributed by atoms with Crippen molar-refractivity contribution in [1.29, 1.82) is 0 Å². The van der Waals surface area contributed by atoms with Crippen LogP contribution in [0.2, 0.25) is 0 Å². The van der Waals surface area contributed by atoms with Gasteiger partial charge in [-0.2, -0.15) is 11.8 Å². The van der Waals surface area contributed by atoms with Gasteiger partial charge in [0.05, 0.1) is 23.3 Å². The molecule has 0 bridgehead atoms. The lowest BCUT2D eigenvalue weighted by molar-refractivity contribution is 0.0600. The number of hydrogen-bond donors (Lipinski definition) is 1. The van der Waals surface area contributed by atoms with Gasteiger partial charge in [-0.15, -0.1) is 0 Å². The van der Waals surface area contributed by atoms with Gasteiger partial charge in [0.1, 0.15) is 0 Å². The monoisotopic (exact) mass is 406 g/mol. The number of benzene rings is 2. The van der Waals surface area contributed by atoms with Crippen molar-refractivity contribution in [2.75, 3.05) is 41.3 Å². The molecule has 1 aliphatic rings. The lowest BCUT2D eigenvalue weighted by Gasteiger charge is -2.29. The molecule has 0 aromatic heterocycles. The number of aryl methyl sites for hydroxylation is 1. The van der Waals surface area contributed by atoms with Crippen LogP contribution in [0.15, 0.2) is 47.4 Å². The SMILES string of the molecule is COC(=O)c1ccc(S(=O)(=O)Nc2ccc(N3CCSCC3)cc2C)cc1. The van der Waals surface area contributed by atoms with Gasteiger partial charge in [-0.3, -0.25) is 4.72 Å². The van der Waals surface area contributed by atoms with E-state index in [2.05, 4.69) is 14.4 Å². The lowest BCUT2D eigenvalue weighted by Crippen LogP contribution is -2.32. The number of nitrogens with zero attached hydrogens (tertiary/aromatic N) is 1. The van der Waals surface area contributed by atoms with Gasteiger partial charge in [0.2, 0.25) is 0 Å². The van der Waals surface area contributed by atoms with E-state index >= 15 is 0 Å². The summed E-state index contributed by atoms with van der Waals surface area (Å²) < 4.78 is 32.6. The maximum Gasteiger partial charge on any atom is 0.337 e. The summed E-state index contributed by atoms with van der Waals surface area (Å²) in [6, 6.07) is 11.4. The Morgan fingerprint density at radius 2 is 1.78 bits per heavy atom. The van der Waals surface area contributed by atoms with Gasteiger partial charge >= 0.3 is 5.97 Å². The van der Waals surface area contributed by atoms with Crippen molar-refractivity contribution in [1.82, 2.24) is 0 Å². The maximum atomic E-state index is 12.7. The molecule has 1 heterocycles. The Morgan fingerprint density at radius 3 is 2.37 bits per heavy atom. The van der Waals surface area contributed by atoms with Gasteiger partial charge < -0.3 is 9.64 Å². The summed E-state index contributed by atoms with van der Waals surface area (Å²) in [6.07, 6.45) is 0. The molecule has 2 aromatic rings. The Bertz CT molecular complexity index is 921. The van der Waals surface area contributed by atoms with Crippen molar-refractivity contribution in [2.24, 2.45) is 0 Å². The number of esters is 1. The minimum Gasteiger partial charge on any atom is -0.465 e. The van der Waals surface area contributed by atoms with Crippen LogP contribution in [-0.4, -0.2) is 46.1 Å². The van der Waals surface area contributed by atoms with Gasteiger partial charge in [0, 0.05) is 30.3 Å². The van der Waals surface area contributed by atoms with Gasteiger partial charge in [-0.05, 0) is 55.0 Å². The zero-order valence-electron chi connectivity index (χ0n) is 15.3. The highest BCUT2D eigenvalue weighted by Crippen LogP contribution is 2.26. The third kappa shape index (κ3) is 4.56. The highest BCUT2D eigenvalue weighted by Gasteiger charge is 2.18. The van der Waals surface area contributed by atoms with Crippen LogP contribution in [0.4, 0.5) is 11.4 Å². The zero-order valence-corrected chi connectivity index (χ0v) is 16.9. The molecule has 27 heavy (non-hydrogen) atoms. The van der Waals surface area contributed by atoms with E-state index in [1.54, 1.807) is 6.07 Å². The Labute approximate surface area is 164 Å². The first-order chi connectivity index (χ1) is 12.9. The molecule has 1 aliphatic heterocycles. The van der Waals surface area contributed by atoms with Gasteiger partial charge in [-0.25, -0.2) is 13.2 Å². The molecule has 0 radical (unpaired) electrons. The number of rotatable bonds is 5. The van der Waals surface area contributed by atoms with Crippen molar-refractivity contribution >= 4 is 39.1 Å². The number of nitrogens with one attached hydrogen (secondary N) is 1. The van der Waals surface area contributed by atoms with Crippen LogP contribution in [0.3, 0.4) is 0 Å². The largest absolute Gasteiger partial charge is 0.465 e. The fourth-order valence-electron chi connectivity index (χ4n) is 2.87. The highest BCUT2D eigenvalue weighted by atomic mass is 32.2. The quantitative estimate of drug-likeness (QED) is 0.769. The minimum absolute atomic E-state index is 0.0895. The molecule has 3 rings (SSSR count). The van der Waals surface area contributed by atoms with E-state index in [4.69, 9.17) is 0 Å². The van der Waals surface area contributed by atoms with E-state index < -0.39 is 16.0 Å². The molecule has 1 fully saturated rings. The summed E-state index contributed by atoms with van der Waals surface area (Å²) in [5.41, 5.74) is 2.82. The molecule has 0 unspecified atom stereocenters. The molecular formula is C19H22N2O4S2. The van der Waals surface area contributed by atoms with Crippen LogP contribution in [0, 0.1) is 6.92 Å². The van der Waals surface area contributed by atoms with Crippen LogP contribution in [0.25, 0.3) is 0 Å². The Morgan fingerprint density at radius 1 is 1.11 bits per heavy atom. The second kappa shape index (κ2) is 8.22. The topological polar surface area (TPSA) is 75.7 Å². The fraction of sp³-hybridized carbons (Fsp3) is 0.316. The van der Waals surface area contributed by atoms with Crippen LogP contribution < -0.4 is 9.62 Å². The smallest absolute Gasteiger partial charge is 0.337 e. The standard InChI is InChI=1S/C19H22N2O4S2/c1-14-13-16(21-9-11-26-12-10-21)5-8-18(14)20-27(23,24)17-6-3-15(4-7-17)19(22)25-2/h3-8,13,20H,9-12H2,1-2H3. The van der Waals surface area contributed by atoms with Crippen molar-refractivity contribution < 1.29 is 17.9 Å². The first-order valence-corrected chi connectivity index (χ1v) is 11.2. The van der Waals surface area contributed by atoms with Crippen molar-refractivity contribution in [2.45, 2.75) is 11.8 Å². The second-order valence-electron chi connectivity index (χ2n) is 6.22. The maximum absolute atomic E-state index is 12.7. The average Bonchev–Trinajstić information content (AvgIpc) is 2.69. The van der Waals surface area contributed by atoms with E-state index in [0.717, 1.165) is 35.8 Å². The van der Waals surface area contributed by atoms with E-state index in [0.29, 0.717) is 11.3 Å². The van der Waals surface area contributed by atoms with Crippen LogP contribution >= 0.6 is 11.8 Å². The number of anilines is 2. The first-order valence-electron chi connectivity index (χ1n) is 8.55. The normalized spacial score (nSPS) is 14.7. The highest BCUT2D eigenvalue weighted by molar-refractivity contribution is 7.99. The Hall–Kier alpha value is -2.19. The van der Waals surface area contributed by atoms with Crippen LogP contribution in [0.1, 0.15) is 15.9 Å². The first kappa shape index (κ1) is 19.6. The van der Waals surface area contributed by atoms with E-state index in [1.165, 1.54) is 31.4 Å². The van der Waals surface area contributed by atoms with E-state index in [1.807, 2.05) is 30.8 Å². The predicted octanol–water partition coefficient (Wildman–Crippen LogP) is 3.14. The number of sulfonamides is 1. The molecule has 0 atom stereocenters. The summed E-state index contributed by atoms with van der Waals surface area (Å²) in [5, 5.41) is 0. The molecule has 6 nitrogen and oxygen atoms in total. The van der Waals surface area contributed by atoms with Crippen molar-refractivity contribution in [3.8, 4) is 0 Å². The molecule has 0 spiro atoms. The van der Waals surface area contributed by atoms with Crippen LogP contribution in [-0.2, 0) is 14.8 Å². The third-order valence-corrected chi connectivity index (χ3v) is 6.74. The van der Waals surface area contributed by atoms with Gasteiger partial charge in [0.15, 0.2) is 0 Å². The van der Waals surface area contributed by atoms with Gasteiger partial charge in [-0.1, -0.05) is 0 Å². The molecule has 0 saturated carbocycles. The summed E-state index contributed by atoms with van der Waals surface area (Å²) in [5.74, 6) is 1.71. The van der Waals surface area contributed by atoms with E-state index in [9.17, 15) is 13.2 Å². The van der Waals surface area contributed by atoms with Crippen molar-refractivity contribution in [3.63, 3.8) is 0 Å². The number of carbonyl (C=O) groups is 1. The van der Waals surface area contributed by atoms with Gasteiger partial charge in [0.25, 0.3) is 10.0 Å². The third-order valence-electron chi connectivity index (χ3n) is 4.42. The summed E-state index contributed by atoms with van der Waals surface area (Å²) in [4.78, 5) is 13.9. The molecule has 1 saturated heterocycles. The number of methoxy groups -OCH3 is 1. The average molecular weight is 407 g/mol. The lowest BCUT2D eigenvalue weighted by atomic mass is 10.1. The van der Waals surface area contributed by atoms with E-state index in [-0.39, 0.29) is 4.90 Å². The summed E-state index contributed by atoms with van der Waals surface area (Å²) in [6.45, 7) is 3.89. The number of carbonyl (C=O) groups excluding carboxylic acids is 1. The summed E-state index contributed by atoms with van der Waals surface area (Å²) >= 11 is 1.95. The number of hydrogen-bond acceptors (Lipinski definition) is 6. The molecular weight excluding hydrogens is 384 g/mol. The predicted molar refractivity (Wildman–Crippen MR) is 109 cm³/mol. The fourth-order valence-corrected chi connectivity index (χ4v) is 4.91. The molecule has 0 aliphatic carbocycles. The molecule has 8 heteroatoms. The van der Waals surface area contributed by atoms with Crippen LogP contribution in [0.5, 0.6) is 0 Å². The number of ether oxygens (including phenoxy) is 1. The van der Waals surface area contributed by atoms with Crippen molar-refractivity contribution in [3.05, 3.63) is 53.6 Å². The molecule has 144 valence electrons. The minimum atomic E-state index is -3.74.